The largest absolute Gasteiger partial charge is 0.506 e. The van der Waals surface area contributed by atoms with E-state index in [2.05, 4.69) is 0 Å². The molecule has 0 amide bonds. The predicted octanol–water partition coefficient (Wildman–Crippen LogP) is 3.89. The van der Waals surface area contributed by atoms with E-state index in [-0.39, 0.29) is 17.4 Å². The Morgan fingerprint density at radius 3 is 1.96 bits per heavy atom. The summed E-state index contributed by atoms with van der Waals surface area (Å²) >= 11 is 0. The number of phenolic OH excluding ortho intramolecular Hbond substituents is 1. The number of hydrogen-bond donors (Lipinski definition) is 1. The van der Waals surface area contributed by atoms with Crippen molar-refractivity contribution in [2.45, 2.75) is 20.0 Å². The average Bonchev–Trinajstić information content (AvgIpc) is 2.47. The normalized spacial score (nSPS) is 9.35. The molecule has 118 valence electrons. The highest BCUT2D eigenvalue weighted by molar-refractivity contribution is 5.43. The molecule has 0 saturated carbocycles. The van der Waals surface area contributed by atoms with Crippen molar-refractivity contribution in [2.24, 2.45) is 0 Å². The zero-order chi connectivity index (χ0) is 17.4. The third kappa shape index (κ3) is 5.64. The minimum absolute atomic E-state index is 0.0612. The zero-order valence-electron chi connectivity index (χ0n) is 12.5. The van der Waals surface area contributed by atoms with E-state index in [4.69, 9.17) is 20.4 Å². The fraction of sp³-hybridized carbons (Fsp3) is 0.176. The number of benzene rings is 2. The van der Waals surface area contributed by atoms with Gasteiger partial charge < -0.3 is 9.84 Å². The van der Waals surface area contributed by atoms with Gasteiger partial charge in [-0.05, 0) is 38.1 Å². The van der Waals surface area contributed by atoms with Gasteiger partial charge >= 0.3 is 0 Å². The molecule has 6 heteroatoms. The van der Waals surface area contributed by atoms with Crippen molar-refractivity contribution in [1.29, 1.82) is 10.5 Å². The lowest BCUT2D eigenvalue weighted by molar-refractivity contribution is 0.240. The van der Waals surface area contributed by atoms with Crippen LogP contribution in [0.2, 0.25) is 0 Å². The average molecular weight is 316 g/mol. The van der Waals surface area contributed by atoms with Gasteiger partial charge in [-0.25, -0.2) is 8.78 Å². The summed E-state index contributed by atoms with van der Waals surface area (Å²) < 4.78 is 30.2. The first-order valence-electron chi connectivity index (χ1n) is 6.62. The summed E-state index contributed by atoms with van der Waals surface area (Å²) in [5.41, 5.74) is 0.441. The molecule has 0 heterocycles. The molecule has 0 saturated heterocycles. The summed E-state index contributed by atoms with van der Waals surface area (Å²) in [5, 5.41) is 25.8. The monoisotopic (exact) mass is 316 g/mol. The van der Waals surface area contributed by atoms with Gasteiger partial charge in [0.15, 0.2) is 0 Å². The van der Waals surface area contributed by atoms with Gasteiger partial charge in [0.05, 0.1) is 17.2 Å². The molecule has 4 nitrogen and oxygen atoms in total. The van der Waals surface area contributed by atoms with Crippen LogP contribution < -0.4 is 4.74 Å². The minimum Gasteiger partial charge on any atom is -0.506 e. The van der Waals surface area contributed by atoms with Gasteiger partial charge in [0.1, 0.15) is 35.3 Å². The highest BCUT2D eigenvalue weighted by Gasteiger charge is 2.06. The summed E-state index contributed by atoms with van der Waals surface area (Å²) in [6.45, 7) is 3.65. The van der Waals surface area contributed by atoms with Crippen LogP contribution in [0.25, 0.3) is 0 Å². The van der Waals surface area contributed by atoms with Crippen LogP contribution in [0.1, 0.15) is 25.0 Å². The SMILES string of the molecule is CC(C)Oc1cc(F)ccc1C#N.N#Cc1ccc(F)cc1O. The van der Waals surface area contributed by atoms with Crippen molar-refractivity contribution in [3.63, 3.8) is 0 Å². The van der Waals surface area contributed by atoms with Crippen LogP contribution in [-0.2, 0) is 0 Å². The molecule has 0 spiro atoms. The molecule has 0 aliphatic heterocycles. The smallest absolute Gasteiger partial charge is 0.140 e. The molecule has 0 aliphatic carbocycles. The maximum Gasteiger partial charge on any atom is 0.140 e. The molecule has 1 N–H and O–H groups in total. The quantitative estimate of drug-likeness (QED) is 0.912. The van der Waals surface area contributed by atoms with Crippen LogP contribution in [0, 0.1) is 34.3 Å². The topological polar surface area (TPSA) is 77.0 Å². The van der Waals surface area contributed by atoms with E-state index in [1.54, 1.807) is 6.07 Å². The lowest BCUT2D eigenvalue weighted by Gasteiger charge is -2.10. The van der Waals surface area contributed by atoms with Gasteiger partial charge in [-0.3, -0.25) is 0 Å². The van der Waals surface area contributed by atoms with E-state index in [0.29, 0.717) is 11.3 Å². The first-order valence-corrected chi connectivity index (χ1v) is 6.62. The summed E-state index contributed by atoms with van der Waals surface area (Å²) in [7, 11) is 0. The minimum atomic E-state index is -0.545. The van der Waals surface area contributed by atoms with Gasteiger partial charge in [0.25, 0.3) is 0 Å². The van der Waals surface area contributed by atoms with Crippen molar-refractivity contribution in [2.75, 3.05) is 0 Å². The zero-order valence-corrected chi connectivity index (χ0v) is 12.5. The van der Waals surface area contributed by atoms with Crippen LogP contribution in [0.15, 0.2) is 36.4 Å². The first kappa shape index (κ1) is 17.9. The number of nitriles is 2. The number of halogens is 2. The summed E-state index contributed by atoms with van der Waals surface area (Å²) in [6.07, 6.45) is -0.0612. The van der Waals surface area contributed by atoms with E-state index in [1.807, 2.05) is 19.9 Å². The molecule has 23 heavy (non-hydrogen) atoms. The van der Waals surface area contributed by atoms with Gasteiger partial charge in [0, 0.05) is 12.1 Å². The summed E-state index contributed by atoms with van der Waals surface area (Å²) in [4.78, 5) is 0. The van der Waals surface area contributed by atoms with Crippen molar-refractivity contribution in [1.82, 2.24) is 0 Å². The number of aromatic hydroxyl groups is 1. The second-order valence-corrected chi connectivity index (χ2v) is 4.69. The molecule has 0 atom stereocenters. The standard InChI is InChI=1S/C10H10FNO.C7H4FNO/c1-7(2)13-10-5-9(11)4-3-8(10)6-12;8-6-2-1-5(4-9)7(10)3-6/h3-5,7H,1-2H3;1-3,10H. The van der Waals surface area contributed by atoms with Crippen molar-refractivity contribution >= 4 is 0 Å². The molecule has 2 rings (SSSR count). The van der Waals surface area contributed by atoms with Crippen LogP contribution in [0.5, 0.6) is 11.5 Å². The number of phenols is 1. The fourth-order valence-electron chi connectivity index (χ4n) is 1.54. The molecule has 0 bridgehead atoms. The Labute approximate surface area is 132 Å². The Kier molecular flexibility index (Phi) is 6.51. The van der Waals surface area contributed by atoms with Gasteiger partial charge in [-0.15, -0.1) is 0 Å². The Balaban J connectivity index is 0.000000238. The third-order valence-electron chi connectivity index (χ3n) is 2.51. The van der Waals surface area contributed by atoms with Crippen molar-refractivity contribution in [3.05, 3.63) is 59.2 Å². The molecule has 2 aromatic carbocycles. The number of nitrogens with zero attached hydrogens (tertiary/aromatic N) is 2. The Morgan fingerprint density at radius 2 is 1.48 bits per heavy atom. The Morgan fingerprint density at radius 1 is 0.957 bits per heavy atom. The van der Waals surface area contributed by atoms with Crippen LogP contribution in [0.4, 0.5) is 8.78 Å². The highest BCUT2D eigenvalue weighted by atomic mass is 19.1. The summed E-state index contributed by atoms with van der Waals surface area (Å²) in [6, 6.07) is 10.8. The molecule has 0 aromatic heterocycles. The molecule has 0 fully saturated rings. The first-order chi connectivity index (χ1) is 10.9. The Hall–Kier alpha value is -3.12. The molecular formula is C17H14F2N2O2. The number of hydrogen-bond acceptors (Lipinski definition) is 4. The number of ether oxygens (including phenoxy) is 1. The second-order valence-electron chi connectivity index (χ2n) is 4.69. The Bertz CT molecular complexity index is 762. The van der Waals surface area contributed by atoms with Crippen LogP contribution >= 0.6 is 0 Å². The summed E-state index contributed by atoms with van der Waals surface area (Å²) in [5.74, 6) is -0.953. The lowest BCUT2D eigenvalue weighted by Crippen LogP contribution is -2.06. The van der Waals surface area contributed by atoms with E-state index < -0.39 is 11.6 Å². The molecule has 0 aliphatic rings. The van der Waals surface area contributed by atoms with E-state index in [0.717, 1.165) is 12.1 Å². The molecule has 0 unspecified atom stereocenters. The number of rotatable bonds is 2. The molecule has 2 aromatic rings. The van der Waals surface area contributed by atoms with E-state index in [1.165, 1.54) is 24.3 Å². The van der Waals surface area contributed by atoms with Crippen LogP contribution in [0.3, 0.4) is 0 Å². The lowest BCUT2D eigenvalue weighted by atomic mass is 10.2. The van der Waals surface area contributed by atoms with Crippen molar-refractivity contribution < 1.29 is 18.6 Å². The second kappa shape index (κ2) is 8.35. The maximum atomic E-state index is 12.7. The van der Waals surface area contributed by atoms with Crippen LogP contribution in [-0.4, -0.2) is 11.2 Å². The molecular weight excluding hydrogens is 302 g/mol. The highest BCUT2D eigenvalue weighted by Crippen LogP contribution is 2.20. The van der Waals surface area contributed by atoms with Crippen molar-refractivity contribution in [3.8, 4) is 23.6 Å². The third-order valence-corrected chi connectivity index (χ3v) is 2.51. The van der Waals surface area contributed by atoms with E-state index in [9.17, 15) is 8.78 Å². The molecule has 0 radical (unpaired) electrons. The van der Waals surface area contributed by atoms with Gasteiger partial charge in [0.2, 0.25) is 0 Å². The van der Waals surface area contributed by atoms with Gasteiger partial charge in [-0.1, -0.05) is 0 Å². The maximum absolute atomic E-state index is 12.7. The van der Waals surface area contributed by atoms with Gasteiger partial charge in [-0.2, -0.15) is 10.5 Å². The predicted molar refractivity (Wildman–Crippen MR) is 79.7 cm³/mol. The fourth-order valence-corrected chi connectivity index (χ4v) is 1.54. The van der Waals surface area contributed by atoms with E-state index >= 15 is 0 Å².